The number of piperazine rings is 1. The molecule has 1 unspecified atom stereocenters. The first-order valence-electron chi connectivity index (χ1n) is 10.7. The molecule has 1 aliphatic heterocycles. The van der Waals surface area contributed by atoms with Crippen LogP contribution in [0, 0.1) is 6.92 Å². The molecular formula is C22H24N8O3. The Bertz CT molecular complexity index is 1290. The molecule has 1 amide bonds. The molecule has 4 aromatic rings. The summed E-state index contributed by atoms with van der Waals surface area (Å²) in [5.41, 5.74) is 3.56. The van der Waals surface area contributed by atoms with Gasteiger partial charge in [-0.2, -0.15) is 4.98 Å². The van der Waals surface area contributed by atoms with E-state index in [4.69, 9.17) is 9.63 Å². The molecule has 5 rings (SSSR count). The number of benzene rings is 1. The number of rotatable bonds is 5. The minimum absolute atomic E-state index is 0.139. The zero-order valence-corrected chi connectivity index (χ0v) is 18.3. The normalized spacial score (nSPS) is 15.6. The lowest BCUT2D eigenvalue weighted by Crippen LogP contribution is -2.48. The molecule has 3 aromatic heterocycles. The summed E-state index contributed by atoms with van der Waals surface area (Å²) in [5, 5.41) is 16.2. The van der Waals surface area contributed by atoms with Gasteiger partial charge in [-0.05, 0) is 49.7 Å². The number of imidazole rings is 1. The fourth-order valence-corrected chi connectivity index (χ4v) is 4.02. The lowest BCUT2D eigenvalue weighted by atomic mass is 10.1. The van der Waals surface area contributed by atoms with Gasteiger partial charge in [-0.15, -0.1) is 0 Å². The van der Waals surface area contributed by atoms with Gasteiger partial charge in [0.25, 0.3) is 5.89 Å². The third-order valence-corrected chi connectivity index (χ3v) is 5.90. The zero-order chi connectivity index (χ0) is 22.9. The van der Waals surface area contributed by atoms with Crippen LogP contribution in [0.3, 0.4) is 0 Å². The van der Waals surface area contributed by atoms with Gasteiger partial charge in [-0.3, -0.25) is 4.90 Å². The van der Waals surface area contributed by atoms with Crippen molar-refractivity contribution in [3.05, 3.63) is 47.9 Å². The molecule has 170 valence electrons. The molecule has 0 spiro atoms. The van der Waals surface area contributed by atoms with E-state index in [9.17, 15) is 4.79 Å². The smallest absolute Gasteiger partial charge is 0.407 e. The first-order chi connectivity index (χ1) is 16.0. The highest BCUT2D eigenvalue weighted by molar-refractivity contribution is 5.82. The standard InChI is InChI=1S/C22H24N8O3/c1-13(29-7-9-30(10-8-29)22(31)32)15-5-6-23-19(12-15)27-21-25-17-4-3-16(11-18(17)26-21)20-24-14(2)28-33-20/h3-6,11-13H,7-10H2,1-2H3,(H,31,32)(H2,23,25,26,27). The monoisotopic (exact) mass is 448 g/mol. The van der Waals surface area contributed by atoms with Crippen LogP contribution >= 0.6 is 0 Å². The quantitative estimate of drug-likeness (QED) is 0.419. The van der Waals surface area contributed by atoms with Crippen molar-refractivity contribution in [3.63, 3.8) is 0 Å². The minimum atomic E-state index is -0.858. The molecule has 0 aliphatic carbocycles. The number of nitrogens with one attached hydrogen (secondary N) is 2. The summed E-state index contributed by atoms with van der Waals surface area (Å²) in [6.07, 6.45) is 0.906. The second-order valence-corrected chi connectivity index (χ2v) is 8.05. The number of aromatic amines is 1. The number of carboxylic acid groups (broad SMARTS) is 1. The van der Waals surface area contributed by atoms with Gasteiger partial charge in [0.1, 0.15) is 5.82 Å². The Balaban J connectivity index is 1.30. The van der Waals surface area contributed by atoms with E-state index in [-0.39, 0.29) is 6.04 Å². The number of H-pyrrole nitrogens is 1. The number of pyridine rings is 1. The second kappa shape index (κ2) is 8.51. The van der Waals surface area contributed by atoms with Crippen molar-refractivity contribution in [3.8, 4) is 11.5 Å². The predicted octanol–water partition coefficient (Wildman–Crippen LogP) is 3.42. The zero-order valence-electron chi connectivity index (χ0n) is 18.3. The summed E-state index contributed by atoms with van der Waals surface area (Å²) in [4.78, 5) is 31.4. The summed E-state index contributed by atoms with van der Waals surface area (Å²) >= 11 is 0. The van der Waals surface area contributed by atoms with Gasteiger partial charge in [0.15, 0.2) is 5.82 Å². The molecule has 1 saturated heterocycles. The first kappa shape index (κ1) is 20.9. The predicted molar refractivity (Wildman–Crippen MR) is 121 cm³/mol. The molecule has 0 radical (unpaired) electrons. The molecule has 1 aliphatic rings. The lowest BCUT2D eigenvalue weighted by molar-refractivity contribution is 0.0889. The van der Waals surface area contributed by atoms with E-state index in [2.05, 4.69) is 42.2 Å². The number of fused-ring (bicyclic) bond motifs is 1. The Morgan fingerprint density at radius 2 is 2.00 bits per heavy atom. The van der Waals surface area contributed by atoms with Gasteiger partial charge >= 0.3 is 6.09 Å². The maximum absolute atomic E-state index is 11.1. The highest BCUT2D eigenvalue weighted by Crippen LogP contribution is 2.26. The van der Waals surface area contributed by atoms with E-state index in [1.807, 2.05) is 30.3 Å². The number of aryl methyl sites for hydroxylation is 1. The third-order valence-electron chi connectivity index (χ3n) is 5.90. The van der Waals surface area contributed by atoms with Crippen LogP contribution in [0.15, 0.2) is 41.1 Å². The molecule has 33 heavy (non-hydrogen) atoms. The summed E-state index contributed by atoms with van der Waals surface area (Å²) in [6.45, 7) is 6.33. The van der Waals surface area contributed by atoms with Crippen molar-refractivity contribution in [1.82, 2.24) is 34.9 Å². The molecule has 1 fully saturated rings. The lowest BCUT2D eigenvalue weighted by Gasteiger charge is -2.37. The van der Waals surface area contributed by atoms with E-state index in [0.29, 0.717) is 49.7 Å². The summed E-state index contributed by atoms with van der Waals surface area (Å²) in [7, 11) is 0. The Hall–Kier alpha value is -3.99. The Kier molecular flexibility index (Phi) is 5.38. The molecule has 1 atom stereocenters. The van der Waals surface area contributed by atoms with E-state index in [0.717, 1.165) is 22.2 Å². The van der Waals surface area contributed by atoms with E-state index < -0.39 is 6.09 Å². The van der Waals surface area contributed by atoms with E-state index in [1.165, 1.54) is 4.90 Å². The van der Waals surface area contributed by atoms with Crippen LogP contribution in [0.25, 0.3) is 22.5 Å². The van der Waals surface area contributed by atoms with Crippen molar-refractivity contribution in [2.75, 3.05) is 31.5 Å². The van der Waals surface area contributed by atoms with Crippen molar-refractivity contribution in [2.45, 2.75) is 19.9 Å². The molecule has 4 heterocycles. The van der Waals surface area contributed by atoms with Crippen molar-refractivity contribution < 1.29 is 14.4 Å². The minimum Gasteiger partial charge on any atom is -0.465 e. The van der Waals surface area contributed by atoms with Crippen LogP contribution in [0.4, 0.5) is 16.6 Å². The van der Waals surface area contributed by atoms with Crippen LogP contribution in [0.5, 0.6) is 0 Å². The number of hydrogen-bond donors (Lipinski definition) is 3. The molecular weight excluding hydrogens is 424 g/mol. The SMILES string of the molecule is Cc1noc(-c2ccc3nc(Nc4cc(C(C)N5CCN(C(=O)O)CC5)ccn4)[nH]c3c2)n1. The van der Waals surface area contributed by atoms with E-state index in [1.54, 1.807) is 13.1 Å². The number of anilines is 2. The average molecular weight is 448 g/mol. The van der Waals surface area contributed by atoms with Crippen LogP contribution in [-0.2, 0) is 0 Å². The third kappa shape index (κ3) is 4.35. The van der Waals surface area contributed by atoms with Gasteiger partial charge in [0.2, 0.25) is 5.95 Å². The van der Waals surface area contributed by atoms with Gasteiger partial charge in [0.05, 0.1) is 11.0 Å². The Morgan fingerprint density at radius 1 is 1.18 bits per heavy atom. The van der Waals surface area contributed by atoms with Gasteiger partial charge < -0.3 is 24.8 Å². The van der Waals surface area contributed by atoms with Gasteiger partial charge in [0, 0.05) is 44.0 Å². The number of nitrogens with zero attached hydrogens (tertiary/aromatic N) is 6. The molecule has 3 N–H and O–H groups in total. The molecule has 11 nitrogen and oxygen atoms in total. The second-order valence-electron chi connectivity index (χ2n) is 8.05. The first-order valence-corrected chi connectivity index (χ1v) is 10.7. The molecule has 11 heteroatoms. The summed E-state index contributed by atoms with van der Waals surface area (Å²) in [5.74, 6) is 2.30. The number of amides is 1. The number of carbonyl (C=O) groups is 1. The fourth-order valence-electron chi connectivity index (χ4n) is 4.02. The summed E-state index contributed by atoms with van der Waals surface area (Å²) < 4.78 is 5.25. The van der Waals surface area contributed by atoms with Crippen molar-refractivity contribution in [2.24, 2.45) is 0 Å². The maximum Gasteiger partial charge on any atom is 0.407 e. The van der Waals surface area contributed by atoms with Crippen LogP contribution in [-0.4, -0.2) is 72.3 Å². The molecule has 1 aromatic carbocycles. The average Bonchev–Trinajstić information content (AvgIpc) is 3.43. The largest absolute Gasteiger partial charge is 0.465 e. The number of aromatic nitrogens is 5. The van der Waals surface area contributed by atoms with Gasteiger partial charge in [-0.25, -0.2) is 14.8 Å². The Morgan fingerprint density at radius 3 is 2.73 bits per heavy atom. The molecule has 0 saturated carbocycles. The Labute approximate surface area is 189 Å². The highest BCUT2D eigenvalue weighted by Gasteiger charge is 2.24. The van der Waals surface area contributed by atoms with Crippen molar-refractivity contribution in [1.29, 1.82) is 0 Å². The van der Waals surface area contributed by atoms with E-state index >= 15 is 0 Å². The molecule has 0 bridgehead atoms. The van der Waals surface area contributed by atoms with Gasteiger partial charge in [-0.1, -0.05) is 5.16 Å². The van der Waals surface area contributed by atoms with Crippen LogP contribution < -0.4 is 5.32 Å². The number of hydrogen-bond acceptors (Lipinski definition) is 8. The summed E-state index contributed by atoms with van der Waals surface area (Å²) in [6, 6.07) is 9.83. The topological polar surface area (TPSA) is 136 Å². The maximum atomic E-state index is 11.1. The van der Waals surface area contributed by atoms with Crippen LogP contribution in [0.1, 0.15) is 24.4 Å². The van der Waals surface area contributed by atoms with Crippen LogP contribution in [0.2, 0.25) is 0 Å². The van der Waals surface area contributed by atoms with Crippen molar-refractivity contribution >= 4 is 28.9 Å². The fraction of sp³-hybridized carbons (Fsp3) is 0.318. The highest BCUT2D eigenvalue weighted by atomic mass is 16.5.